The lowest BCUT2D eigenvalue weighted by atomic mass is 10.2. The highest BCUT2D eigenvalue weighted by Crippen LogP contribution is 2.28. The molecule has 1 aromatic heterocycles. The Labute approximate surface area is 196 Å². The highest BCUT2D eigenvalue weighted by atomic mass is 32.2. The van der Waals surface area contributed by atoms with Crippen molar-refractivity contribution in [3.05, 3.63) is 102 Å². The van der Waals surface area contributed by atoms with E-state index in [1.807, 2.05) is 73.0 Å². The number of anilines is 1. The second kappa shape index (κ2) is 10.3. The van der Waals surface area contributed by atoms with E-state index in [0.29, 0.717) is 22.4 Å². The van der Waals surface area contributed by atoms with Crippen LogP contribution in [0.2, 0.25) is 0 Å². The van der Waals surface area contributed by atoms with Crippen LogP contribution in [-0.2, 0) is 5.75 Å². The van der Waals surface area contributed by atoms with Crippen LogP contribution in [0.1, 0.15) is 29.9 Å². The summed E-state index contributed by atoms with van der Waals surface area (Å²) in [6, 6.07) is 23.0. The van der Waals surface area contributed by atoms with E-state index >= 15 is 0 Å². The summed E-state index contributed by atoms with van der Waals surface area (Å²) in [5, 5.41) is 15.2. The summed E-state index contributed by atoms with van der Waals surface area (Å²) in [4.78, 5) is 12.5. The molecule has 1 atom stereocenters. The van der Waals surface area contributed by atoms with E-state index in [1.54, 1.807) is 12.1 Å². The van der Waals surface area contributed by atoms with Gasteiger partial charge in [0.05, 0.1) is 6.04 Å². The number of benzene rings is 3. The van der Waals surface area contributed by atoms with Crippen LogP contribution in [0.4, 0.5) is 14.9 Å². The molecule has 1 unspecified atom stereocenters. The number of aromatic nitrogens is 3. The number of para-hydroxylation sites is 1. The number of amides is 2. The second-order valence-electron chi connectivity index (χ2n) is 7.61. The molecule has 3 aromatic carbocycles. The largest absolute Gasteiger partial charge is 0.328 e. The highest BCUT2D eigenvalue weighted by molar-refractivity contribution is 7.98. The van der Waals surface area contributed by atoms with Gasteiger partial charge in [0.15, 0.2) is 11.0 Å². The van der Waals surface area contributed by atoms with Crippen molar-refractivity contribution in [3.63, 3.8) is 0 Å². The molecular formula is C25H24FN5OS. The van der Waals surface area contributed by atoms with Gasteiger partial charge >= 0.3 is 6.03 Å². The SMILES string of the molecule is Cc1ccc(-n2c(SCc3ccc(F)cc3)nnc2C(C)NC(=O)Nc2ccccc2)cc1. The zero-order chi connectivity index (χ0) is 23.2. The molecule has 0 saturated heterocycles. The molecule has 0 radical (unpaired) electrons. The van der Waals surface area contributed by atoms with E-state index < -0.39 is 6.04 Å². The third kappa shape index (κ3) is 5.78. The van der Waals surface area contributed by atoms with Crippen molar-refractivity contribution in [3.8, 4) is 5.69 Å². The Morgan fingerprint density at radius 3 is 2.39 bits per heavy atom. The zero-order valence-corrected chi connectivity index (χ0v) is 19.1. The van der Waals surface area contributed by atoms with Crippen LogP contribution in [0.15, 0.2) is 84.0 Å². The Hall–Kier alpha value is -3.65. The van der Waals surface area contributed by atoms with E-state index in [4.69, 9.17) is 0 Å². The Bertz CT molecular complexity index is 1210. The summed E-state index contributed by atoms with van der Waals surface area (Å²) in [7, 11) is 0. The van der Waals surface area contributed by atoms with Crippen molar-refractivity contribution in [2.24, 2.45) is 0 Å². The maximum Gasteiger partial charge on any atom is 0.319 e. The Morgan fingerprint density at radius 2 is 1.70 bits per heavy atom. The quantitative estimate of drug-likeness (QED) is 0.337. The molecule has 8 heteroatoms. The van der Waals surface area contributed by atoms with E-state index in [2.05, 4.69) is 20.8 Å². The Balaban J connectivity index is 1.56. The molecule has 33 heavy (non-hydrogen) atoms. The van der Waals surface area contributed by atoms with Crippen LogP contribution < -0.4 is 10.6 Å². The number of carbonyl (C=O) groups is 1. The number of aryl methyl sites for hydroxylation is 1. The topological polar surface area (TPSA) is 71.8 Å². The van der Waals surface area contributed by atoms with Crippen molar-refractivity contribution < 1.29 is 9.18 Å². The summed E-state index contributed by atoms with van der Waals surface area (Å²) >= 11 is 1.50. The van der Waals surface area contributed by atoms with E-state index in [1.165, 1.54) is 23.9 Å². The van der Waals surface area contributed by atoms with Gasteiger partial charge in [-0.2, -0.15) is 0 Å². The molecule has 0 bridgehead atoms. The lowest BCUT2D eigenvalue weighted by molar-refractivity contribution is 0.249. The second-order valence-corrected chi connectivity index (χ2v) is 8.56. The lowest BCUT2D eigenvalue weighted by Crippen LogP contribution is -2.32. The number of thioether (sulfide) groups is 1. The Morgan fingerprint density at radius 1 is 1.00 bits per heavy atom. The first-order chi connectivity index (χ1) is 16.0. The number of urea groups is 1. The molecule has 1 heterocycles. The normalized spacial score (nSPS) is 11.7. The number of halogens is 1. The van der Waals surface area contributed by atoms with Gasteiger partial charge in [-0.05, 0) is 55.8 Å². The first-order valence-electron chi connectivity index (χ1n) is 10.5. The summed E-state index contributed by atoms with van der Waals surface area (Å²) in [5.74, 6) is 0.965. The minimum absolute atomic E-state index is 0.262. The average molecular weight is 462 g/mol. The fourth-order valence-corrected chi connectivity index (χ4v) is 4.18. The average Bonchev–Trinajstić information content (AvgIpc) is 3.24. The molecule has 168 valence electrons. The highest BCUT2D eigenvalue weighted by Gasteiger charge is 2.21. The third-order valence-electron chi connectivity index (χ3n) is 5.00. The van der Waals surface area contributed by atoms with Crippen molar-refractivity contribution in [1.82, 2.24) is 20.1 Å². The predicted molar refractivity (Wildman–Crippen MR) is 129 cm³/mol. The molecule has 4 rings (SSSR count). The Kier molecular flexibility index (Phi) is 7.04. The van der Waals surface area contributed by atoms with Gasteiger partial charge < -0.3 is 10.6 Å². The van der Waals surface area contributed by atoms with Gasteiger partial charge in [0.25, 0.3) is 0 Å². The van der Waals surface area contributed by atoms with E-state index in [0.717, 1.165) is 16.8 Å². The van der Waals surface area contributed by atoms with Crippen LogP contribution in [-0.4, -0.2) is 20.8 Å². The van der Waals surface area contributed by atoms with Crippen molar-refractivity contribution in [1.29, 1.82) is 0 Å². The predicted octanol–water partition coefficient (Wildman–Crippen LogP) is 5.89. The smallest absolute Gasteiger partial charge is 0.319 e. The molecule has 6 nitrogen and oxygen atoms in total. The standard InChI is InChI=1S/C25H24FN5OS/c1-17-8-14-22(15-9-17)31-23(18(2)27-24(32)28-21-6-4-3-5-7-21)29-30-25(31)33-16-19-10-12-20(26)13-11-19/h3-15,18H,16H2,1-2H3,(H2,27,28,32). The minimum Gasteiger partial charge on any atom is -0.328 e. The summed E-state index contributed by atoms with van der Waals surface area (Å²) in [5.41, 5.74) is 3.73. The molecule has 0 aliphatic rings. The zero-order valence-electron chi connectivity index (χ0n) is 18.3. The number of hydrogen-bond acceptors (Lipinski definition) is 4. The fraction of sp³-hybridized carbons (Fsp3) is 0.160. The number of nitrogens with zero attached hydrogens (tertiary/aromatic N) is 3. The molecule has 0 aliphatic heterocycles. The van der Waals surface area contributed by atoms with Gasteiger partial charge in [0.2, 0.25) is 0 Å². The molecule has 4 aromatic rings. The molecule has 0 fully saturated rings. The molecule has 0 saturated carbocycles. The summed E-state index contributed by atoms with van der Waals surface area (Å²) < 4.78 is 15.2. The van der Waals surface area contributed by atoms with Gasteiger partial charge in [0.1, 0.15) is 5.82 Å². The van der Waals surface area contributed by atoms with Gasteiger partial charge in [-0.15, -0.1) is 10.2 Å². The monoisotopic (exact) mass is 461 g/mol. The van der Waals surface area contributed by atoms with Gasteiger partial charge in [-0.3, -0.25) is 4.57 Å². The molecule has 0 aliphatic carbocycles. The summed E-state index contributed by atoms with van der Waals surface area (Å²) in [6.07, 6.45) is 0. The third-order valence-corrected chi connectivity index (χ3v) is 6.00. The molecular weight excluding hydrogens is 437 g/mol. The van der Waals surface area contributed by atoms with E-state index in [-0.39, 0.29) is 11.8 Å². The van der Waals surface area contributed by atoms with Crippen molar-refractivity contribution in [2.75, 3.05) is 5.32 Å². The maximum atomic E-state index is 13.2. The number of nitrogens with one attached hydrogen (secondary N) is 2. The molecule has 2 amide bonds. The van der Waals surface area contributed by atoms with Crippen LogP contribution in [0.25, 0.3) is 5.69 Å². The van der Waals surface area contributed by atoms with Crippen molar-refractivity contribution >= 4 is 23.5 Å². The number of hydrogen-bond donors (Lipinski definition) is 2. The number of carbonyl (C=O) groups excluding carboxylic acids is 1. The molecule has 2 N–H and O–H groups in total. The summed E-state index contributed by atoms with van der Waals surface area (Å²) in [6.45, 7) is 3.90. The minimum atomic E-state index is -0.400. The van der Waals surface area contributed by atoms with E-state index in [9.17, 15) is 9.18 Å². The van der Waals surface area contributed by atoms with Crippen LogP contribution >= 0.6 is 11.8 Å². The van der Waals surface area contributed by atoms with Gasteiger partial charge in [-0.1, -0.05) is 59.8 Å². The van der Waals surface area contributed by atoms with Crippen LogP contribution in [0, 0.1) is 12.7 Å². The van der Waals surface area contributed by atoms with Crippen LogP contribution in [0.5, 0.6) is 0 Å². The fourth-order valence-electron chi connectivity index (χ4n) is 3.27. The first-order valence-corrected chi connectivity index (χ1v) is 11.5. The lowest BCUT2D eigenvalue weighted by Gasteiger charge is -2.17. The first kappa shape index (κ1) is 22.5. The maximum absolute atomic E-state index is 13.2. The van der Waals surface area contributed by atoms with Gasteiger partial charge in [0, 0.05) is 17.1 Å². The molecule has 0 spiro atoms. The number of rotatable bonds is 7. The van der Waals surface area contributed by atoms with Crippen LogP contribution in [0.3, 0.4) is 0 Å². The van der Waals surface area contributed by atoms with Gasteiger partial charge in [-0.25, -0.2) is 9.18 Å². The van der Waals surface area contributed by atoms with Crippen molar-refractivity contribution in [2.45, 2.75) is 30.8 Å².